The minimum Gasteiger partial charge on any atom is -0.368 e. The molecule has 2 aromatic carbocycles. The lowest BCUT2D eigenvalue weighted by atomic mass is 10.1. The van der Waals surface area contributed by atoms with E-state index in [1.165, 1.54) is 0 Å². The summed E-state index contributed by atoms with van der Waals surface area (Å²) in [6.07, 6.45) is 0.781. The fourth-order valence-corrected chi connectivity index (χ4v) is 2.58. The Balaban J connectivity index is 1.61. The maximum Gasteiger partial charge on any atom is 0.251 e. The van der Waals surface area contributed by atoms with Crippen LogP contribution in [0, 0.1) is 6.92 Å². The van der Waals surface area contributed by atoms with Gasteiger partial charge in [0.05, 0.1) is 5.52 Å². The summed E-state index contributed by atoms with van der Waals surface area (Å²) in [5, 5.41) is 7.22. The Hall–Kier alpha value is -2.95. The normalized spacial score (nSPS) is 10.6. The first-order valence-corrected chi connectivity index (χ1v) is 8.52. The summed E-state index contributed by atoms with van der Waals surface area (Å²) in [5.74, 6) is 1.56. The van der Waals surface area contributed by atoms with Crippen LogP contribution in [0.4, 0.5) is 5.82 Å². The molecule has 0 aliphatic carbocycles. The topological polar surface area (TPSA) is 66.9 Å². The van der Waals surface area contributed by atoms with E-state index in [2.05, 4.69) is 20.6 Å². The molecule has 1 heterocycles. The number of rotatable bonds is 6. The van der Waals surface area contributed by atoms with E-state index in [9.17, 15) is 4.79 Å². The molecule has 0 saturated carbocycles. The number of amides is 1. The highest BCUT2D eigenvalue weighted by molar-refractivity contribution is 5.94. The van der Waals surface area contributed by atoms with Crippen molar-refractivity contribution in [3.05, 3.63) is 65.5 Å². The number of nitrogens with zero attached hydrogens (tertiary/aromatic N) is 2. The number of anilines is 1. The van der Waals surface area contributed by atoms with Crippen LogP contribution in [0.25, 0.3) is 10.9 Å². The van der Waals surface area contributed by atoms with Gasteiger partial charge in [-0.1, -0.05) is 36.8 Å². The first-order chi connectivity index (χ1) is 12.2. The van der Waals surface area contributed by atoms with E-state index in [1.54, 1.807) is 0 Å². The molecule has 0 saturated heterocycles. The Morgan fingerprint density at radius 1 is 1.00 bits per heavy atom. The van der Waals surface area contributed by atoms with Gasteiger partial charge in [-0.25, -0.2) is 9.97 Å². The van der Waals surface area contributed by atoms with Crippen molar-refractivity contribution in [1.82, 2.24) is 15.3 Å². The van der Waals surface area contributed by atoms with E-state index in [0.29, 0.717) is 18.7 Å². The van der Waals surface area contributed by atoms with Gasteiger partial charge in [0.1, 0.15) is 11.6 Å². The fraction of sp³-hybridized carbons (Fsp3) is 0.250. The van der Waals surface area contributed by atoms with Crippen molar-refractivity contribution < 1.29 is 4.79 Å². The van der Waals surface area contributed by atoms with E-state index in [0.717, 1.165) is 34.5 Å². The Morgan fingerprint density at radius 3 is 2.52 bits per heavy atom. The summed E-state index contributed by atoms with van der Waals surface area (Å²) < 4.78 is 0. The molecule has 5 heteroatoms. The van der Waals surface area contributed by atoms with Gasteiger partial charge >= 0.3 is 0 Å². The number of para-hydroxylation sites is 1. The molecule has 0 fully saturated rings. The molecule has 0 radical (unpaired) electrons. The SMILES string of the molecule is CCc1nc(NCCNC(=O)c2ccc(C)cc2)c2ccccc2n1. The zero-order valence-electron chi connectivity index (χ0n) is 14.5. The van der Waals surface area contributed by atoms with Crippen LogP contribution in [0.1, 0.15) is 28.7 Å². The second-order valence-corrected chi connectivity index (χ2v) is 5.91. The predicted octanol–water partition coefficient (Wildman–Crippen LogP) is 3.34. The largest absolute Gasteiger partial charge is 0.368 e. The van der Waals surface area contributed by atoms with Crippen LogP contribution >= 0.6 is 0 Å². The van der Waals surface area contributed by atoms with Crippen LogP contribution in [0.5, 0.6) is 0 Å². The fourth-order valence-electron chi connectivity index (χ4n) is 2.58. The molecule has 1 amide bonds. The van der Waals surface area contributed by atoms with Crippen molar-refractivity contribution in [2.75, 3.05) is 18.4 Å². The summed E-state index contributed by atoms with van der Waals surface area (Å²) in [7, 11) is 0. The van der Waals surface area contributed by atoms with E-state index in [4.69, 9.17) is 0 Å². The lowest BCUT2D eigenvalue weighted by molar-refractivity contribution is 0.0955. The van der Waals surface area contributed by atoms with Gasteiger partial charge < -0.3 is 10.6 Å². The standard InChI is InChI=1S/C20H22N4O/c1-3-18-23-17-7-5-4-6-16(17)19(24-18)21-12-13-22-20(25)15-10-8-14(2)9-11-15/h4-11H,3,12-13H2,1-2H3,(H,22,25)(H,21,23,24). The molecule has 0 atom stereocenters. The summed E-state index contributed by atoms with van der Waals surface area (Å²) in [4.78, 5) is 21.2. The molecule has 0 spiro atoms. The molecular weight excluding hydrogens is 312 g/mol. The minimum absolute atomic E-state index is 0.0661. The average molecular weight is 334 g/mol. The van der Waals surface area contributed by atoms with Gasteiger partial charge in [-0.05, 0) is 31.2 Å². The second kappa shape index (κ2) is 7.75. The van der Waals surface area contributed by atoms with E-state index in [1.807, 2.05) is 62.4 Å². The quantitative estimate of drug-likeness (QED) is 0.679. The minimum atomic E-state index is -0.0661. The molecule has 5 nitrogen and oxygen atoms in total. The maximum atomic E-state index is 12.1. The summed E-state index contributed by atoms with van der Waals surface area (Å²) >= 11 is 0. The van der Waals surface area contributed by atoms with Gasteiger partial charge in [0.15, 0.2) is 0 Å². The number of aryl methyl sites for hydroxylation is 2. The summed E-state index contributed by atoms with van der Waals surface area (Å²) in [5.41, 5.74) is 2.74. The second-order valence-electron chi connectivity index (χ2n) is 5.91. The zero-order valence-corrected chi connectivity index (χ0v) is 14.5. The van der Waals surface area contributed by atoms with Crippen molar-refractivity contribution in [2.24, 2.45) is 0 Å². The molecule has 0 unspecified atom stereocenters. The van der Waals surface area contributed by atoms with Gasteiger partial charge in [-0.3, -0.25) is 4.79 Å². The third-order valence-corrected chi connectivity index (χ3v) is 3.98. The summed E-state index contributed by atoms with van der Waals surface area (Å²) in [6, 6.07) is 15.5. The lowest BCUT2D eigenvalue weighted by Gasteiger charge is -2.11. The van der Waals surface area contributed by atoms with Gasteiger partial charge in [-0.15, -0.1) is 0 Å². The third-order valence-electron chi connectivity index (χ3n) is 3.98. The van der Waals surface area contributed by atoms with Crippen LogP contribution in [-0.4, -0.2) is 29.0 Å². The third kappa shape index (κ3) is 4.12. The van der Waals surface area contributed by atoms with Crippen molar-refractivity contribution >= 4 is 22.6 Å². The molecule has 0 aliphatic heterocycles. The van der Waals surface area contributed by atoms with Crippen molar-refractivity contribution in [3.8, 4) is 0 Å². The number of hydrogen-bond acceptors (Lipinski definition) is 4. The number of aromatic nitrogens is 2. The number of carbonyl (C=O) groups is 1. The van der Waals surface area contributed by atoms with Gasteiger partial charge in [-0.2, -0.15) is 0 Å². The van der Waals surface area contributed by atoms with Gasteiger partial charge in [0.25, 0.3) is 5.91 Å². The summed E-state index contributed by atoms with van der Waals surface area (Å²) in [6.45, 7) is 5.16. The molecule has 0 aliphatic rings. The first-order valence-electron chi connectivity index (χ1n) is 8.52. The highest BCUT2D eigenvalue weighted by Gasteiger charge is 2.07. The van der Waals surface area contributed by atoms with Crippen LogP contribution in [0.2, 0.25) is 0 Å². The molecule has 3 rings (SSSR count). The monoisotopic (exact) mass is 334 g/mol. The van der Waals surface area contributed by atoms with Crippen molar-refractivity contribution in [3.63, 3.8) is 0 Å². The Kier molecular flexibility index (Phi) is 5.23. The van der Waals surface area contributed by atoms with Crippen molar-refractivity contribution in [1.29, 1.82) is 0 Å². The van der Waals surface area contributed by atoms with Crippen LogP contribution < -0.4 is 10.6 Å². The first kappa shape index (κ1) is 16.9. The Labute approximate surface area is 147 Å². The molecule has 25 heavy (non-hydrogen) atoms. The number of benzene rings is 2. The molecule has 3 aromatic rings. The van der Waals surface area contributed by atoms with Crippen LogP contribution in [0.3, 0.4) is 0 Å². The van der Waals surface area contributed by atoms with Gasteiger partial charge in [0.2, 0.25) is 0 Å². The van der Waals surface area contributed by atoms with Crippen LogP contribution in [0.15, 0.2) is 48.5 Å². The molecular formula is C20H22N4O. The number of fused-ring (bicyclic) bond motifs is 1. The number of carbonyl (C=O) groups excluding carboxylic acids is 1. The molecule has 1 aromatic heterocycles. The Bertz CT molecular complexity index is 875. The smallest absolute Gasteiger partial charge is 0.251 e. The molecule has 2 N–H and O–H groups in total. The zero-order chi connectivity index (χ0) is 17.6. The molecule has 0 bridgehead atoms. The van der Waals surface area contributed by atoms with E-state index < -0.39 is 0 Å². The number of hydrogen-bond donors (Lipinski definition) is 2. The maximum absolute atomic E-state index is 12.1. The van der Waals surface area contributed by atoms with Crippen molar-refractivity contribution in [2.45, 2.75) is 20.3 Å². The highest BCUT2D eigenvalue weighted by Crippen LogP contribution is 2.19. The van der Waals surface area contributed by atoms with Gasteiger partial charge in [0, 0.05) is 30.5 Å². The predicted molar refractivity (Wildman–Crippen MR) is 101 cm³/mol. The Morgan fingerprint density at radius 2 is 1.76 bits per heavy atom. The number of nitrogens with one attached hydrogen (secondary N) is 2. The van der Waals surface area contributed by atoms with E-state index in [-0.39, 0.29) is 5.91 Å². The highest BCUT2D eigenvalue weighted by atomic mass is 16.1. The molecule has 128 valence electrons. The van der Waals surface area contributed by atoms with Crippen LogP contribution in [-0.2, 0) is 6.42 Å². The lowest BCUT2D eigenvalue weighted by Crippen LogP contribution is -2.29. The van der Waals surface area contributed by atoms with E-state index >= 15 is 0 Å². The average Bonchev–Trinajstić information content (AvgIpc) is 2.65.